The van der Waals surface area contributed by atoms with Gasteiger partial charge < -0.3 is 4.74 Å². The molecule has 0 spiro atoms. The van der Waals surface area contributed by atoms with Crippen LogP contribution in [-0.2, 0) is 9.53 Å². The summed E-state index contributed by atoms with van der Waals surface area (Å²) >= 11 is 4.54. The highest BCUT2D eigenvalue weighted by Crippen LogP contribution is 2.07. The molecule has 0 heterocycles. The summed E-state index contributed by atoms with van der Waals surface area (Å²) in [5.74, 6) is 0.584. The minimum atomic E-state index is -0.265. The van der Waals surface area contributed by atoms with Crippen LogP contribution >= 0.6 is 12.6 Å². The largest absolute Gasteiger partial charge is 0.465 e. The molecule has 77 valence electrons. The highest BCUT2D eigenvalue weighted by Gasteiger charge is 1.98. The molecule has 2 nitrogen and oxygen atoms in total. The van der Waals surface area contributed by atoms with E-state index < -0.39 is 0 Å². The molecule has 3 heteroatoms. The van der Waals surface area contributed by atoms with Gasteiger partial charge in [0.2, 0.25) is 0 Å². The molecule has 0 aliphatic heterocycles. The average molecular weight is 203 g/mol. The standard InChI is InChI=1S/C10H19O2S/c1-9(2)6-4-3-5-7-12-10(11)8-13/h9H,3-8H2,1-2H3. The number of carbonyl (C=O) groups is 1. The number of carbonyl (C=O) groups excluding carboxylic acids is 1. The van der Waals surface area contributed by atoms with E-state index in [0.29, 0.717) is 6.61 Å². The molecule has 0 fully saturated rings. The van der Waals surface area contributed by atoms with Crippen LogP contribution < -0.4 is 0 Å². The maximum Gasteiger partial charge on any atom is 0.316 e. The third kappa shape index (κ3) is 9.74. The van der Waals surface area contributed by atoms with Gasteiger partial charge in [0.25, 0.3) is 0 Å². The van der Waals surface area contributed by atoms with E-state index in [1.54, 1.807) is 0 Å². The summed E-state index contributed by atoms with van der Waals surface area (Å²) in [5, 5.41) is 0. The molecule has 0 unspecified atom stereocenters. The number of unbranched alkanes of at least 4 members (excludes halogenated alkanes) is 2. The Morgan fingerprint density at radius 1 is 1.31 bits per heavy atom. The normalized spacial score (nSPS) is 10.5. The van der Waals surface area contributed by atoms with Crippen molar-refractivity contribution in [1.82, 2.24) is 0 Å². The van der Waals surface area contributed by atoms with Crippen LogP contribution in [-0.4, -0.2) is 18.3 Å². The van der Waals surface area contributed by atoms with E-state index in [0.717, 1.165) is 18.8 Å². The van der Waals surface area contributed by atoms with E-state index in [1.807, 2.05) is 0 Å². The zero-order valence-electron chi connectivity index (χ0n) is 8.54. The molecule has 0 aliphatic carbocycles. The molecule has 0 aliphatic rings. The van der Waals surface area contributed by atoms with Crippen molar-refractivity contribution < 1.29 is 9.53 Å². The lowest BCUT2D eigenvalue weighted by Crippen LogP contribution is -2.06. The first kappa shape index (κ1) is 12.8. The van der Waals surface area contributed by atoms with E-state index in [1.165, 1.54) is 12.8 Å². The maximum absolute atomic E-state index is 10.6. The summed E-state index contributed by atoms with van der Waals surface area (Å²) in [7, 11) is 0. The minimum absolute atomic E-state index is 0.0754. The average Bonchev–Trinajstić information content (AvgIpc) is 2.10. The van der Waals surface area contributed by atoms with Crippen molar-refractivity contribution in [2.24, 2.45) is 5.92 Å². The zero-order valence-corrected chi connectivity index (χ0v) is 9.36. The predicted octanol–water partition coefficient (Wildman–Crippen LogP) is 2.94. The van der Waals surface area contributed by atoms with Gasteiger partial charge in [-0.25, -0.2) is 0 Å². The monoisotopic (exact) mass is 203 g/mol. The minimum Gasteiger partial charge on any atom is -0.465 e. The van der Waals surface area contributed by atoms with Gasteiger partial charge in [-0.1, -0.05) is 45.7 Å². The number of ether oxygens (including phenoxy) is 1. The van der Waals surface area contributed by atoms with Crippen molar-refractivity contribution in [2.75, 3.05) is 12.4 Å². The number of rotatable bonds is 7. The van der Waals surface area contributed by atoms with E-state index in [-0.39, 0.29) is 11.7 Å². The molecule has 13 heavy (non-hydrogen) atoms. The Labute approximate surface area is 86.5 Å². The first-order valence-corrected chi connectivity index (χ1v) is 5.48. The van der Waals surface area contributed by atoms with Gasteiger partial charge >= 0.3 is 5.97 Å². The van der Waals surface area contributed by atoms with Crippen LogP contribution in [0.1, 0.15) is 39.5 Å². The Morgan fingerprint density at radius 2 is 2.00 bits per heavy atom. The fraction of sp³-hybridized carbons (Fsp3) is 0.900. The Kier molecular flexibility index (Phi) is 8.30. The smallest absolute Gasteiger partial charge is 0.316 e. The molecule has 0 amide bonds. The highest BCUT2D eigenvalue weighted by molar-refractivity contribution is 7.81. The van der Waals surface area contributed by atoms with Crippen LogP contribution in [0.15, 0.2) is 0 Å². The van der Waals surface area contributed by atoms with E-state index in [4.69, 9.17) is 4.74 Å². The molecule has 0 saturated heterocycles. The number of hydrogen-bond donors (Lipinski definition) is 0. The van der Waals surface area contributed by atoms with Crippen LogP contribution in [0.5, 0.6) is 0 Å². The lowest BCUT2D eigenvalue weighted by Gasteiger charge is -2.04. The molecule has 0 bridgehead atoms. The predicted molar refractivity (Wildman–Crippen MR) is 56.7 cm³/mol. The molecule has 0 aromatic carbocycles. The van der Waals surface area contributed by atoms with Crippen LogP contribution in [0.3, 0.4) is 0 Å². The van der Waals surface area contributed by atoms with Gasteiger partial charge in [-0.2, -0.15) is 0 Å². The second-order valence-electron chi connectivity index (χ2n) is 3.61. The van der Waals surface area contributed by atoms with Crippen LogP contribution in [0.4, 0.5) is 0 Å². The summed E-state index contributed by atoms with van der Waals surface area (Å²) in [6, 6.07) is 0. The lowest BCUT2D eigenvalue weighted by molar-refractivity contribution is -0.140. The Hall–Kier alpha value is -0.180. The van der Waals surface area contributed by atoms with Crippen LogP contribution in [0.2, 0.25) is 0 Å². The Morgan fingerprint density at radius 3 is 2.54 bits per heavy atom. The van der Waals surface area contributed by atoms with Crippen molar-refractivity contribution in [3.8, 4) is 0 Å². The van der Waals surface area contributed by atoms with Crippen molar-refractivity contribution in [2.45, 2.75) is 39.5 Å². The summed E-state index contributed by atoms with van der Waals surface area (Å²) in [5.41, 5.74) is 0. The summed E-state index contributed by atoms with van der Waals surface area (Å²) in [6.07, 6.45) is 4.59. The van der Waals surface area contributed by atoms with Crippen molar-refractivity contribution >= 4 is 18.6 Å². The van der Waals surface area contributed by atoms with Gasteiger partial charge in [-0.3, -0.25) is 4.79 Å². The molecular weight excluding hydrogens is 184 g/mol. The van der Waals surface area contributed by atoms with E-state index in [2.05, 4.69) is 26.5 Å². The van der Waals surface area contributed by atoms with Crippen molar-refractivity contribution in [3.63, 3.8) is 0 Å². The molecule has 0 N–H and O–H groups in total. The number of hydrogen-bond acceptors (Lipinski definition) is 2. The van der Waals surface area contributed by atoms with Crippen LogP contribution in [0, 0.1) is 5.92 Å². The maximum atomic E-state index is 10.6. The fourth-order valence-corrected chi connectivity index (χ4v) is 1.14. The SMILES string of the molecule is CC(C)CCCCCOC(=O)C[S]. The second-order valence-corrected chi connectivity index (χ2v) is 3.90. The van der Waals surface area contributed by atoms with Gasteiger partial charge in [-0.05, 0) is 12.3 Å². The lowest BCUT2D eigenvalue weighted by atomic mass is 10.1. The topological polar surface area (TPSA) is 26.3 Å². The highest BCUT2D eigenvalue weighted by atomic mass is 32.1. The molecule has 0 aromatic heterocycles. The zero-order chi connectivity index (χ0) is 10.1. The molecule has 0 saturated carbocycles. The third-order valence-electron chi connectivity index (χ3n) is 1.81. The summed E-state index contributed by atoms with van der Waals surface area (Å²) in [6.45, 7) is 4.97. The van der Waals surface area contributed by atoms with E-state index in [9.17, 15) is 4.79 Å². The molecule has 1 radical (unpaired) electrons. The summed E-state index contributed by atoms with van der Waals surface area (Å²) in [4.78, 5) is 10.6. The van der Waals surface area contributed by atoms with Crippen molar-refractivity contribution in [3.05, 3.63) is 0 Å². The van der Waals surface area contributed by atoms with Gasteiger partial charge in [-0.15, -0.1) is 0 Å². The molecule has 0 atom stereocenters. The van der Waals surface area contributed by atoms with Crippen LogP contribution in [0.25, 0.3) is 0 Å². The quantitative estimate of drug-likeness (QED) is 0.470. The fourth-order valence-electron chi connectivity index (χ4n) is 1.06. The molecular formula is C10H19O2S. The second kappa shape index (κ2) is 8.42. The van der Waals surface area contributed by atoms with E-state index >= 15 is 0 Å². The van der Waals surface area contributed by atoms with Gasteiger partial charge in [0.1, 0.15) is 5.75 Å². The first-order chi connectivity index (χ1) is 6.16. The first-order valence-electron chi connectivity index (χ1n) is 4.90. The number of esters is 1. The Balaban J connectivity index is 3.04. The van der Waals surface area contributed by atoms with Gasteiger partial charge in [0.05, 0.1) is 6.61 Å². The van der Waals surface area contributed by atoms with Crippen molar-refractivity contribution in [1.29, 1.82) is 0 Å². The summed E-state index contributed by atoms with van der Waals surface area (Å²) < 4.78 is 4.86. The molecule has 0 aromatic rings. The Bertz CT molecular complexity index is 135. The molecule has 0 rings (SSSR count). The third-order valence-corrected chi connectivity index (χ3v) is 2.04. The van der Waals surface area contributed by atoms with Gasteiger partial charge in [0, 0.05) is 0 Å². The van der Waals surface area contributed by atoms with Gasteiger partial charge in [0.15, 0.2) is 0 Å².